The van der Waals surface area contributed by atoms with Crippen LogP contribution in [0.4, 0.5) is 10.5 Å². The molecule has 9 nitrogen and oxygen atoms in total. The Balaban J connectivity index is 1.21. The zero-order chi connectivity index (χ0) is 26.4. The molecule has 0 aromatic heterocycles. The van der Waals surface area contributed by atoms with Crippen LogP contribution in [-0.4, -0.2) is 65.9 Å². The molecule has 0 spiro atoms. The zero-order valence-corrected chi connectivity index (χ0v) is 22.5. The highest BCUT2D eigenvalue weighted by atomic mass is 32.2. The van der Waals surface area contributed by atoms with Crippen LogP contribution in [0.2, 0.25) is 0 Å². The Labute approximate surface area is 227 Å². The van der Waals surface area contributed by atoms with E-state index in [1.807, 2.05) is 30.0 Å². The van der Waals surface area contributed by atoms with Crippen LogP contribution < -0.4 is 25.6 Å². The minimum Gasteiger partial charge on any atom is -0.490 e. The van der Waals surface area contributed by atoms with Crippen molar-refractivity contribution in [2.45, 2.75) is 69.0 Å². The van der Waals surface area contributed by atoms with Crippen molar-refractivity contribution < 1.29 is 19.1 Å². The lowest BCUT2D eigenvalue weighted by molar-refractivity contribution is -0.128. The Bertz CT molecular complexity index is 1200. The normalized spacial score (nSPS) is 28.8. The molecule has 5 aliphatic rings. The summed E-state index contributed by atoms with van der Waals surface area (Å²) in [6.07, 6.45) is 7.48. The minimum absolute atomic E-state index is 0.0114. The first kappa shape index (κ1) is 25.3. The maximum Gasteiger partial charge on any atom is 0.326 e. The summed E-state index contributed by atoms with van der Waals surface area (Å²) in [5.74, 6) is 0.545. The lowest BCUT2D eigenvalue weighted by Gasteiger charge is -2.46. The molecule has 4 heterocycles. The predicted octanol–water partition coefficient (Wildman–Crippen LogP) is 3.01. The van der Waals surface area contributed by atoms with Crippen molar-refractivity contribution in [3.63, 3.8) is 0 Å². The number of carbonyl (C=O) groups is 3. The van der Waals surface area contributed by atoms with E-state index in [1.165, 1.54) is 24.3 Å². The number of carbonyl (C=O) groups excluding carboxylic acids is 3. The van der Waals surface area contributed by atoms with Gasteiger partial charge in [-0.05, 0) is 81.8 Å². The van der Waals surface area contributed by atoms with E-state index in [0.29, 0.717) is 29.8 Å². The Morgan fingerprint density at radius 3 is 2.79 bits per heavy atom. The Hall–Kier alpha value is -2.98. The number of likely N-dealkylation sites (tertiary alicyclic amines) is 1. The van der Waals surface area contributed by atoms with E-state index in [2.05, 4.69) is 22.5 Å². The number of ether oxygens (including phenoxy) is 1. The highest BCUT2D eigenvalue weighted by Crippen LogP contribution is 2.48. The van der Waals surface area contributed by atoms with Crippen LogP contribution in [0.15, 0.2) is 41.5 Å². The molecule has 3 N–H and O–H groups in total. The van der Waals surface area contributed by atoms with Gasteiger partial charge in [0, 0.05) is 36.4 Å². The van der Waals surface area contributed by atoms with Gasteiger partial charge in [-0.2, -0.15) is 0 Å². The summed E-state index contributed by atoms with van der Waals surface area (Å²) in [7, 11) is 0. The van der Waals surface area contributed by atoms with Crippen molar-refractivity contribution in [1.82, 2.24) is 20.9 Å². The number of amides is 4. The Morgan fingerprint density at radius 1 is 1.21 bits per heavy atom. The van der Waals surface area contributed by atoms with Crippen molar-refractivity contribution >= 4 is 35.3 Å². The summed E-state index contributed by atoms with van der Waals surface area (Å²) in [6, 6.07) is 5.60. The molecule has 4 atom stereocenters. The summed E-state index contributed by atoms with van der Waals surface area (Å²) >= 11 is 1.50. The van der Waals surface area contributed by atoms with Crippen molar-refractivity contribution in [3.8, 4) is 5.75 Å². The summed E-state index contributed by atoms with van der Waals surface area (Å²) in [5, 5.41) is 9.78. The van der Waals surface area contributed by atoms with Gasteiger partial charge in [0.15, 0.2) is 0 Å². The average Bonchev–Trinajstić information content (AvgIpc) is 3.26. The van der Waals surface area contributed by atoms with Crippen molar-refractivity contribution in [2.24, 2.45) is 5.92 Å². The number of rotatable bonds is 6. The van der Waals surface area contributed by atoms with Crippen LogP contribution in [0.5, 0.6) is 5.75 Å². The number of benzene rings is 1. The molecule has 0 bridgehead atoms. The highest BCUT2D eigenvalue weighted by molar-refractivity contribution is 8.04. The summed E-state index contributed by atoms with van der Waals surface area (Å²) < 4.78 is 6.07. The Kier molecular flexibility index (Phi) is 6.86. The number of piperidine rings is 2. The molecule has 4 aliphatic heterocycles. The SMILES string of the molecule is C=CC(=O)N1CCC[C@@H](NC(=O)C2=C3NC(=O)N(c4ccc(OC5CCC5)cc4C)C4CCNC(S2)C34)C1. The van der Waals surface area contributed by atoms with Gasteiger partial charge in [0.05, 0.1) is 22.4 Å². The van der Waals surface area contributed by atoms with Gasteiger partial charge in [0.2, 0.25) is 5.91 Å². The van der Waals surface area contributed by atoms with Gasteiger partial charge in [0.1, 0.15) is 5.75 Å². The molecule has 1 saturated carbocycles. The number of hydrogen-bond acceptors (Lipinski definition) is 6. The number of nitrogens with one attached hydrogen (secondary N) is 3. The van der Waals surface area contributed by atoms with E-state index in [0.717, 1.165) is 55.6 Å². The quantitative estimate of drug-likeness (QED) is 0.482. The number of thioether (sulfide) groups is 1. The molecular weight excluding hydrogens is 502 g/mol. The number of anilines is 1. The lowest BCUT2D eigenvalue weighted by Crippen LogP contribution is -2.62. The monoisotopic (exact) mass is 537 g/mol. The predicted molar refractivity (Wildman–Crippen MR) is 147 cm³/mol. The van der Waals surface area contributed by atoms with E-state index in [9.17, 15) is 14.4 Å². The van der Waals surface area contributed by atoms with Gasteiger partial charge in [-0.15, -0.1) is 0 Å². The van der Waals surface area contributed by atoms with Gasteiger partial charge in [-0.25, -0.2) is 4.79 Å². The van der Waals surface area contributed by atoms with Gasteiger partial charge in [-0.3, -0.25) is 14.5 Å². The minimum atomic E-state index is -0.203. The summed E-state index contributed by atoms with van der Waals surface area (Å²) in [5.41, 5.74) is 2.60. The molecule has 38 heavy (non-hydrogen) atoms. The number of urea groups is 1. The fraction of sp³-hybridized carbons (Fsp3) is 0.536. The molecule has 10 heteroatoms. The maximum absolute atomic E-state index is 13.6. The second-order valence-corrected chi connectivity index (χ2v) is 12.0. The van der Waals surface area contributed by atoms with E-state index < -0.39 is 0 Å². The van der Waals surface area contributed by atoms with Crippen LogP contribution in [-0.2, 0) is 9.59 Å². The van der Waals surface area contributed by atoms with E-state index in [1.54, 1.807) is 4.90 Å². The molecule has 3 unspecified atom stereocenters. The van der Waals surface area contributed by atoms with Crippen LogP contribution in [0.25, 0.3) is 0 Å². The third-order valence-electron chi connectivity index (χ3n) is 8.37. The standard InChI is InChI=1S/C28H35N5O4S/c1-3-22(34)32-13-5-6-17(15-32)30-26(35)25-24-23-21(11-12-29-27(23)38-25)33(28(36)31-24)20-10-9-19(14-16(20)2)37-18-7-4-8-18/h3,9-10,14,17-18,21,23,27,29H,1,4-8,11-13,15H2,2H3,(H,30,35)(H,31,36)/t17-,21?,23?,27?/m1/s1. The zero-order valence-electron chi connectivity index (χ0n) is 21.7. The lowest BCUT2D eigenvalue weighted by atomic mass is 9.86. The largest absolute Gasteiger partial charge is 0.490 e. The number of nitrogens with zero attached hydrogens (tertiary/aromatic N) is 2. The molecule has 1 aromatic carbocycles. The summed E-state index contributed by atoms with van der Waals surface area (Å²) in [6.45, 7) is 7.51. The molecule has 1 aliphatic carbocycles. The molecule has 4 fully saturated rings. The van der Waals surface area contributed by atoms with Crippen molar-refractivity contribution in [1.29, 1.82) is 0 Å². The fourth-order valence-corrected chi connectivity index (χ4v) is 7.63. The molecule has 6 rings (SSSR count). The third-order valence-corrected chi connectivity index (χ3v) is 9.73. The second-order valence-electron chi connectivity index (χ2n) is 10.8. The maximum atomic E-state index is 13.6. The van der Waals surface area contributed by atoms with Gasteiger partial charge < -0.3 is 25.6 Å². The summed E-state index contributed by atoms with van der Waals surface area (Å²) in [4.78, 5) is 43.2. The Morgan fingerprint density at radius 2 is 2.05 bits per heavy atom. The van der Waals surface area contributed by atoms with E-state index in [-0.39, 0.29) is 41.2 Å². The first-order valence-corrected chi connectivity index (χ1v) is 14.5. The molecule has 1 aromatic rings. The highest BCUT2D eigenvalue weighted by Gasteiger charge is 2.52. The van der Waals surface area contributed by atoms with Crippen molar-refractivity contribution in [3.05, 3.63) is 47.0 Å². The third kappa shape index (κ3) is 4.58. The van der Waals surface area contributed by atoms with E-state index in [4.69, 9.17) is 4.74 Å². The first-order chi connectivity index (χ1) is 18.4. The van der Waals surface area contributed by atoms with Gasteiger partial charge in [-0.1, -0.05) is 18.3 Å². The number of hydrogen-bond donors (Lipinski definition) is 3. The van der Waals surface area contributed by atoms with Crippen molar-refractivity contribution in [2.75, 3.05) is 24.5 Å². The number of aryl methyl sites for hydroxylation is 1. The average molecular weight is 538 g/mol. The van der Waals surface area contributed by atoms with Crippen LogP contribution in [0.1, 0.15) is 44.1 Å². The van der Waals surface area contributed by atoms with Gasteiger partial charge >= 0.3 is 6.03 Å². The topological polar surface area (TPSA) is 103 Å². The van der Waals surface area contributed by atoms with Crippen LogP contribution >= 0.6 is 11.8 Å². The molecule has 4 amide bonds. The molecular formula is C28H35N5O4S. The first-order valence-electron chi connectivity index (χ1n) is 13.7. The van der Waals surface area contributed by atoms with Crippen LogP contribution in [0, 0.1) is 12.8 Å². The molecule has 3 saturated heterocycles. The van der Waals surface area contributed by atoms with E-state index >= 15 is 0 Å². The molecule has 202 valence electrons. The van der Waals surface area contributed by atoms with Crippen LogP contribution in [0.3, 0.4) is 0 Å². The molecule has 0 radical (unpaired) electrons. The smallest absolute Gasteiger partial charge is 0.326 e. The second kappa shape index (κ2) is 10.3. The van der Waals surface area contributed by atoms with Gasteiger partial charge in [0.25, 0.3) is 5.91 Å². The fourth-order valence-electron chi connectivity index (χ4n) is 6.23.